The summed E-state index contributed by atoms with van der Waals surface area (Å²) in [5, 5.41) is 4.88. The predicted octanol–water partition coefficient (Wildman–Crippen LogP) is 3.15. The molecule has 0 aliphatic carbocycles. The van der Waals surface area contributed by atoms with Crippen LogP contribution >= 0.6 is 0 Å². The summed E-state index contributed by atoms with van der Waals surface area (Å²) in [6.07, 6.45) is 0.673. The zero-order valence-corrected chi connectivity index (χ0v) is 11.7. The average Bonchev–Trinajstić information content (AvgIpc) is 2.36. The molecule has 0 atom stereocenters. The lowest BCUT2D eigenvalue weighted by Crippen LogP contribution is -2.30. The van der Waals surface area contributed by atoms with Crippen LogP contribution in [0.4, 0.5) is 19.3 Å². The molecule has 0 unspecified atom stereocenters. The number of carbonyl (C=O) groups excluding carboxylic acids is 1. The minimum absolute atomic E-state index is 0.0556. The fourth-order valence-corrected chi connectivity index (χ4v) is 1.45. The van der Waals surface area contributed by atoms with Crippen LogP contribution in [0, 0.1) is 17.6 Å². The summed E-state index contributed by atoms with van der Waals surface area (Å²) in [7, 11) is 0. The first-order chi connectivity index (χ1) is 9.49. The molecule has 0 fully saturated rings. The van der Waals surface area contributed by atoms with Gasteiger partial charge < -0.3 is 15.4 Å². The summed E-state index contributed by atoms with van der Waals surface area (Å²) in [5.41, 5.74) is -0.0556. The fraction of sp³-hybridized carbons (Fsp3) is 0.500. The maximum absolute atomic E-state index is 13.3. The quantitative estimate of drug-likeness (QED) is 0.756. The molecule has 2 amide bonds. The molecule has 1 aromatic carbocycles. The van der Waals surface area contributed by atoms with E-state index in [9.17, 15) is 13.6 Å². The number of anilines is 1. The van der Waals surface area contributed by atoms with Crippen LogP contribution in [-0.4, -0.2) is 25.8 Å². The maximum atomic E-state index is 13.3. The average molecular weight is 286 g/mol. The van der Waals surface area contributed by atoms with Crippen molar-refractivity contribution in [1.29, 1.82) is 0 Å². The number of benzene rings is 1. The topological polar surface area (TPSA) is 50.4 Å². The molecule has 0 saturated carbocycles. The molecule has 0 saturated heterocycles. The van der Waals surface area contributed by atoms with E-state index in [-0.39, 0.29) is 5.69 Å². The second-order valence-corrected chi connectivity index (χ2v) is 4.83. The molecule has 4 nitrogen and oxygen atoms in total. The Labute approximate surface area is 117 Å². The Hall–Kier alpha value is -1.69. The lowest BCUT2D eigenvalue weighted by Gasteiger charge is -2.09. The summed E-state index contributed by atoms with van der Waals surface area (Å²) in [6, 6.07) is 2.45. The van der Waals surface area contributed by atoms with E-state index in [0.29, 0.717) is 32.1 Å². The Bertz CT molecular complexity index is 439. The van der Waals surface area contributed by atoms with Gasteiger partial charge >= 0.3 is 6.03 Å². The number of hydrogen-bond acceptors (Lipinski definition) is 2. The first-order valence-corrected chi connectivity index (χ1v) is 6.56. The van der Waals surface area contributed by atoms with Gasteiger partial charge in [0.2, 0.25) is 0 Å². The number of urea groups is 1. The van der Waals surface area contributed by atoms with E-state index in [1.165, 1.54) is 6.07 Å². The lowest BCUT2D eigenvalue weighted by atomic mass is 10.2. The number of rotatable bonds is 7. The Morgan fingerprint density at radius 2 is 2.10 bits per heavy atom. The van der Waals surface area contributed by atoms with Crippen molar-refractivity contribution < 1.29 is 18.3 Å². The maximum Gasteiger partial charge on any atom is 0.319 e. The van der Waals surface area contributed by atoms with Gasteiger partial charge in [0.1, 0.15) is 11.6 Å². The number of amides is 2. The summed E-state index contributed by atoms with van der Waals surface area (Å²) < 4.78 is 31.3. The molecule has 0 aromatic heterocycles. The number of hydrogen-bond donors (Lipinski definition) is 2. The fourth-order valence-electron chi connectivity index (χ4n) is 1.45. The van der Waals surface area contributed by atoms with Gasteiger partial charge in [0.25, 0.3) is 0 Å². The Morgan fingerprint density at radius 1 is 1.35 bits per heavy atom. The largest absolute Gasteiger partial charge is 0.381 e. The predicted molar refractivity (Wildman–Crippen MR) is 73.7 cm³/mol. The highest BCUT2D eigenvalue weighted by Crippen LogP contribution is 2.14. The van der Waals surface area contributed by atoms with Crippen molar-refractivity contribution in [2.75, 3.05) is 25.1 Å². The van der Waals surface area contributed by atoms with Crippen LogP contribution in [-0.2, 0) is 4.74 Å². The summed E-state index contributed by atoms with van der Waals surface area (Å²) in [4.78, 5) is 11.5. The molecule has 20 heavy (non-hydrogen) atoms. The monoisotopic (exact) mass is 286 g/mol. The highest BCUT2D eigenvalue weighted by molar-refractivity contribution is 5.89. The third-order valence-corrected chi connectivity index (χ3v) is 2.38. The van der Waals surface area contributed by atoms with Crippen molar-refractivity contribution in [1.82, 2.24) is 5.32 Å². The Kier molecular flexibility index (Phi) is 6.93. The molecule has 0 heterocycles. The molecule has 0 aliphatic rings. The SMILES string of the molecule is CC(C)COCCCNC(=O)Nc1ccc(F)cc1F. The van der Waals surface area contributed by atoms with Crippen molar-refractivity contribution in [3.05, 3.63) is 29.8 Å². The number of carbonyl (C=O) groups is 1. The number of ether oxygens (including phenoxy) is 1. The molecule has 0 bridgehead atoms. The lowest BCUT2D eigenvalue weighted by molar-refractivity contribution is 0.108. The molecular weight excluding hydrogens is 266 g/mol. The van der Waals surface area contributed by atoms with Crippen molar-refractivity contribution in [2.24, 2.45) is 5.92 Å². The molecule has 0 spiro atoms. The van der Waals surface area contributed by atoms with Crippen molar-refractivity contribution in [3.8, 4) is 0 Å². The van der Waals surface area contributed by atoms with E-state index in [1.54, 1.807) is 0 Å². The molecular formula is C14H20F2N2O2. The van der Waals surface area contributed by atoms with Gasteiger partial charge in [-0.3, -0.25) is 0 Å². The van der Waals surface area contributed by atoms with E-state index in [0.717, 1.165) is 12.1 Å². The van der Waals surface area contributed by atoms with Crippen LogP contribution in [0.1, 0.15) is 20.3 Å². The van der Waals surface area contributed by atoms with Gasteiger partial charge in [-0.1, -0.05) is 13.8 Å². The third-order valence-electron chi connectivity index (χ3n) is 2.38. The van der Waals surface area contributed by atoms with E-state index in [1.807, 2.05) is 0 Å². The Morgan fingerprint density at radius 3 is 2.75 bits per heavy atom. The molecule has 1 aromatic rings. The number of nitrogens with one attached hydrogen (secondary N) is 2. The first-order valence-electron chi connectivity index (χ1n) is 6.56. The van der Waals surface area contributed by atoms with Gasteiger partial charge in [-0.15, -0.1) is 0 Å². The molecule has 2 N–H and O–H groups in total. The van der Waals surface area contributed by atoms with Crippen LogP contribution in [0.5, 0.6) is 0 Å². The second-order valence-electron chi connectivity index (χ2n) is 4.83. The van der Waals surface area contributed by atoms with Gasteiger partial charge in [0.05, 0.1) is 5.69 Å². The van der Waals surface area contributed by atoms with E-state index in [2.05, 4.69) is 24.5 Å². The minimum atomic E-state index is -0.805. The summed E-state index contributed by atoms with van der Waals surface area (Å²) >= 11 is 0. The molecule has 0 radical (unpaired) electrons. The molecule has 1 rings (SSSR count). The second kappa shape index (κ2) is 8.47. The zero-order chi connectivity index (χ0) is 15.0. The Balaban J connectivity index is 2.20. The normalized spacial score (nSPS) is 10.7. The van der Waals surface area contributed by atoms with E-state index in [4.69, 9.17) is 4.74 Å². The van der Waals surface area contributed by atoms with Gasteiger partial charge in [-0.05, 0) is 24.5 Å². The minimum Gasteiger partial charge on any atom is -0.381 e. The first kappa shape index (κ1) is 16.4. The molecule has 0 aliphatic heterocycles. The highest BCUT2D eigenvalue weighted by atomic mass is 19.1. The zero-order valence-electron chi connectivity index (χ0n) is 11.7. The molecule has 6 heteroatoms. The van der Waals surface area contributed by atoms with E-state index < -0.39 is 17.7 Å². The van der Waals surface area contributed by atoms with Crippen LogP contribution in [0.3, 0.4) is 0 Å². The number of halogens is 2. The van der Waals surface area contributed by atoms with Gasteiger partial charge in [-0.2, -0.15) is 0 Å². The van der Waals surface area contributed by atoms with Crippen molar-refractivity contribution in [3.63, 3.8) is 0 Å². The van der Waals surface area contributed by atoms with Crippen LogP contribution in [0.15, 0.2) is 18.2 Å². The highest BCUT2D eigenvalue weighted by Gasteiger charge is 2.07. The van der Waals surface area contributed by atoms with E-state index >= 15 is 0 Å². The smallest absolute Gasteiger partial charge is 0.319 e. The summed E-state index contributed by atoms with van der Waals surface area (Å²) in [6.45, 7) is 5.79. The van der Waals surface area contributed by atoms with Crippen LogP contribution < -0.4 is 10.6 Å². The summed E-state index contributed by atoms with van der Waals surface area (Å²) in [5.74, 6) is -1.01. The van der Waals surface area contributed by atoms with Gasteiger partial charge in [-0.25, -0.2) is 13.6 Å². The van der Waals surface area contributed by atoms with Crippen LogP contribution in [0.2, 0.25) is 0 Å². The third kappa shape index (κ3) is 6.47. The standard InChI is InChI=1S/C14H20F2N2O2/c1-10(2)9-20-7-3-6-17-14(19)18-13-5-4-11(15)8-12(13)16/h4-5,8,10H,3,6-7,9H2,1-2H3,(H2,17,18,19). The van der Waals surface area contributed by atoms with Gasteiger partial charge in [0.15, 0.2) is 0 Å². The van der Waals surface area contributed by atoms with Crippen molar-refractivity contribution in [2.45, 2.75) is 20.3 Å². The molecule has 112 valence electrons. The van der Waals surface area contributed by atoms with Gasteiger partial charge in [0, 0.05) is 25.8 Å². The van der Waals surface area contributed by atoms with Crippen LogP contribution in [0.25, 0.3) is 0 Å². The van der Waals surface area contributed by atoms with Crippen molar-refractivity contribution >= 4 is 11.7 Å².